The summed E-state index contributed by atoms with van der Waals surface area (Å²) in [5.74, 6) is -0.0732. The van der Waals surface area contributed by atoms with Crippen LogP contribution >= 0.6 is 0 Å². The number of rotatable bonds is 3. The summed E-state index contributed by atoms with van der Waals surface area (Å²) in [6, 6.07) is 14.9. The topological polar surface area (TPSA) is 60.9 Å². The standard InChI is InChI=1S/C23H27N3O3S/c27-23(26-17-19-7-6-16-25(19)21-8-2-3-9-22(21)26)18-10-12-20(13-11-18)30(28,29)24-14-4-1-5-15-24/h2-3,8-13,19H,1,4-7,14-17H2/t19-/m1/s1. The Bertz CT molecular complexity index is 1050. The fourth-order valence-electron chi connectivity index (χ4n) is 4.96. The first-order valence-corrected chi connectivity index (χ1v) is 12.3. The lowest BCUT2D eigenvalue weighted by atomic mass is 10.1. The molecule has 0 bridgehead atoms. The van der Waals surface area contributed by atoms with Gasteiger partial charge in [-0.1, -0.05) is 18.6 Å². The van der Waals surface area contributed by atoms with E-state index in [1.807, 2.05) is 23.1 Å². The number of fused-ring (bicyclic) bond motifs is 3. The van der Waals surface area contributed by atoms with Gasteiger partial charge < -0.3 is 9.80 Å². The van der Waals surface area contributed by atoms with E-state index in [0.29, 0.717) is 31.2 Å². The van der Waals surface area contributed by atoms with Crippen LogP contribution in [0.25, 0.3) is 0 Å². The monoisotopic (exact) mass is 425 g/mol. The lowest BCUT2D eigenvalue weighted by molar-refractivity contribution is 0.0984. The van der Waals surface area contributed by atoms with E-state index in [-0.39, 0.29) is 10.8 Å². The van der Waals surface area contributed by atoms with Crippen LogP contribution in [0.15, 0.2) is 53.4 Å². The number of carbonyl (C=O) groups excluding carboxylic acids is 1. The van der Waals surface area contributed by atoms with E-state index in [1.165, 1.54) is 0 Å². The van der Waals surface area contributed by atoms with Crippen LogP contribution in [0.3, 0.4) is 0 Å². The van der Waals surface area contributed by atoms with Gasteiger partial charge in [-0.2, -0.15) is 4.31 Å². The van der Waals surface area contributed by atoms with Crippen molar-refractivity contribution in [2.24, 2.45) is 0 Å². The van der Waals surface area contributed by atoms with E-state index >= 15 is 0 Å². The summed E-state index contributed by atoms with van der Waals surface area (Å²) in [4.78, 5) is 17.9. The van der Waals surface area contributed by atoms with E-state index in [2.05, 4.69) is 11.0 Å². The molecule has 7 heteroatoms. The zero-order valence-electron chi connectivity index (χ0n) is 17.0. The summed E-state index contributed by atoms with van der Waals surface area (Å²) in [6.07, 6.45) is 5.12. The lowest BCUT2D eigenvalue weighted by Crippen LogP contribution is -2.48. The Kier molecular flexibility index (Phi) is 5.03. The molecule has 1 atom stereocenters. The molecule has 3 aliphatic rings. The molecule has 0 N–H and O–H groups in total. The molecule has 2 aromatic rings. The molecule has 1 amide bonds. The van der Waals surface area contributed by atoms with Crippen LogP contribution in [-0.2, 0) is 10.0 Å². The number of hydrogen-bond donors (Lipinski definition) is 0. The number of amides is 1. The van der Waals surface area contributed by atoms with E-state index in [4.69, 9.17) is 0 Å². The number of hydrogen-bond acceptors (Lipinski definition) is 4. The first-order valence-electron chi connectivity index (χ1n) is 10.8. The van der Waals surface area contributed by atoms with Crippen molar-refractivity contribution < 1.29 is 13.2 Å². The summed E-state index contributed by atoms with van der Waals surface area (Å²) in [5.41, 5.74) is 2.57. The van der Waals surface area contributed by atoms with Gasteiger partial charge in [0.2, 0.25) is 10.0 Å². The summed E-state index contributed by atoms with van der Waals surface area (Å²) < 4.78 is 27.3. The summed E-state index contributed by atoms with van der Waals surface area (Å²) in [6.45, 7) is 2.85. The molecule has 6 nitrogen and oxygen atoms in total. The highest BCUT2D eigenvalue weighted by Gasteiger charge is 2.36. The van der Waals surface area contributed by atoms with Gasteiger partial charge in [-0.05, 0) is 62.1 Å². The number of para-hydroxylation sites is 2. The first-order chi connectivity index (χ1) is 14.6. The predicted octanol–water partition coefficient (Wildman–Crippen LogP) is 3.49. The highest BCUT2D eigenvalue weighted by Crippen LogP contribution is 2.39. The van der Waals surface area contributed by atoms with Crippen molar-refractivity contribution in [2.75, 3.05) is 36.0 Å². The lowest BCUT2D eigenvalue weighted by Gasteiger charge is -2.40. The number of nitrogens with zero attached hydrogens (tertiary/aromatic N) is 3. The smallest absolute Gasteiger partial charge is 0.258 e. The second-order valence-corrected chi connectivity index (χ2v) is 10.3. The van der Waals surface area contributed by atoms with Crippen molar-refractivity contribution in [1.82, 2.24) is 4.31 Å². The van der Waals surface area contributed by atoms with Crippen LogP contribution in [0.2, 0.25) is 0 Å². The van der Waals surface area contributed by atoms with Crippen molar-refractivity contribution in [3.8, 4) is 0 Å². The van der Waals surface area contributed by atoms with Crippen LogP contribution < -0.4 is 9.80 Å². The Morgan fingerprint density at radius 3 is 2.27 bits per heavy atom. The zero-order chi connectivity index (χ0) is 20.7. The van der Waals surface area contributed by atoms with Gasteiger partial charge >= 0.3 is 0 Å². The number of carbonyl (C=O) groups is 1. The molecule has 30 heavy (non-hydrogen) atoms. The fraction of sp³-hybridized carbons (Fsp3) is 0.435. The average molecular weight is 426 g/mol. The highest BCUT2D eigenvalue weighted by molar-refractivity contribution is 7.89. The van der Waals surface area contributed by atoms with Crippen molar-refractivity contribution in [3.63, 3.8) is 0 Å². The van der Waals surface area contributed by atoms with Crippen LogP contribution in [0.4, 0.5) is 11.4 Å². The molecule has 0 aromatic heterocycles. The minimum atomic E-state index is -3.49. The van der Waals surface area contributed by atoms with Crippen LogP contribution in [0.5, 0.6) is 0 Å². The number of benzene rings is 2. The minimum Gasteiger partial charge on any atom is -0.365 e. The van der Waals surface area contributed by atoms with Gasteiger partial charge in [-0.3, -0.25) is 4.79 Å². The van der Waals surface area contributed by atoms with Gasteiger partial charge in [0.05, 0.1) is 16.3 Å². The molecule has 0 aliphatic carbocycles. The van der Waals surface area contributed by atoms with E-state index in [9.17, 15) is 13.2 Å². The molecule has 0 radical (unpaired) electrons. The summed E-state index contributed by atoms with van der Waals surface area (Å²) >= 11 is 0. The van der Waals surface area contributed by atoms with Crippen LogP contribution in [0, 0.1) is 0 Å². The quantitative estimate of drug-likeness (QED) is 0.755. The molecule has 2 aromatic carbocycles. The maximum Gasteiger partial charge on any atom is 0.258 e. The number of anilines is 2. The first kappa shape index (κ1) is 19.6. The van der Waals surface area contributed by atoms with Crippen LogP contribution in [-0.4, -0.2) is 50.9 Å². The third-order valence-corrected chi connectivity index (χ3v) is 8.46. The predicted molar refractivity (Wildman–Crippen MR) is 118 cm³/mol. The molecule has 0 saturated carbocycles. The Morgan fingerprint density at radius 2 is 1.53 bits per heavy atom. The molecule has 0 unspecified atom stereocenters. The molecule has 3 aliphatic heterocycles. The van der Waals surface area contributed by atoms with E-state index < -0.39 is 10.0 Å². The Balaban J connectivity index is 1.41. The van der Waals surface area contributed by atoms with E-state index in [0.717, 1.165) is 50.0 Å². The summed E-state index contributed by atoms with van der Waals surface area (Å²) in [5, 5.41) is 0. The number of sulfonamides is 1. The third-order valence-electron chi connectivity index (χ3n) is 6.55. The van der Waals surface area contributed by atoms with Gasteiger partial charge in [0, 0.05) is 37.8 Å². The molecule has 2 fully saturated rings. The van der Waals surface area contributed by atoms with Gasteiger partial charge in [0.1, 0.15) is 0 Å². The summed E-state index contributed by atoms with van der Waals surface area (Å²) in [7, 11) is -3.49. The van der Waals surface area contributed by atoms with Gasteiger partial charge in [-0.15, -0.1) is 0 Å². The Hall–Kier alpha value is -2.38. The number of piperidine rings is 1. The van der Waals surface area contributed by atoms with Crippen molar-refractivity contribution >= 4 is 27.3 Å². The highest BCUT2D eigenvalue weighted by atomic mass is 32.2. The molecule has 3 heterocycles. The van der Waals surface area contributed by atoms with E-state index in [1.54, 1.807) is 28.6 Å². The maximum atomic E-state index is 13.4. The molecule has 0 spiro atoms. The SMILES string of the molecule is O=C(c1ccc(S(=O)(=O)N2CCCCC2)cc1)N1C[C@H]2CCCN2c2ccccc21. The largest absolute Gasteiger partial charge is 0.365 e. The molecule has 158 valence electrons. The Labute approximate surface area is 178 Å². The molecular formula is C23H27N3O3S. The molecule has 5 rings (SSSR count). The van der Waals surface area contributed by atoms with Gasteiger partial charge in [0.25, 0.3) is 5.91 Å². The minimum absolute atomic E-state index is 0.0732. The fourth-order valence-corrected chi connectivity index (χ4v) is 6.48. The second-order valence-electron chi connectivity index (χ2n) is 8.38. The van der Waals surface area contributed by atoms with Gasteiger partial charge in [0.15, 0.2) is 0 Å². The van der Waals surface area contributed by atoms with Crippen molar-refractivity contribution in [2.45, 2.75) is 43.0 Å². The molecular weight excluding hydrogens is 398 g/mol. The maximum absolute atomic E-state index is 13.4. The normalized spacial score (nSPS) is 21.9. The van der Waals surface area contributed by atoms with Crippen molar-refractivity contribution in [3.05, 3.63) is 54.1 Å². The second kappa shape index (κ2) is 7.71. The third kappa shape index (κ3) is 3.30. The van der Waals surface area contributed by atoms with Crippen LogP contribution in [0.1, 0.15) is 42.5 Å². The van der Waals surface area contributed by atoms with Crippen molar-refractivity contribution in [1.29, 1.82) is 0 Å². The van der Waals surface area contributed by atoms with Gasteiger partial charge in [-0.25, -0.2) is 8.42 Å². The zero-order valence-corrected chi connectivity index (χ0v) is 17.9. The molecule has 2 saturated heterocycles. The Morgan fingerprint density at radius 1 is 0.833 bits per heavy atom. The average Bonchev–Trinajstić information content (AvgIpc) is 3.28.